The number of nitrogens with zero attached hydrogens (tertiary/aromatic N) is 1. The second-order valence-corrected chi connectivity index (χ2v) is 7.47. The van der Waals surface area contributed by atoms with Crippen LogP contribution in [0.3, 0.4) is 0 Å². The normalized spacial score (nSPS) is 28.8. The number of rotatable bonds is 4. The van der Waals surface area contributed by atoms with Gasteiger partial charge in [-0.2, -0.15) is 0 Å². The summed E-state index contributed by atoms with van der Waals surface area (Å²) in [5.74, 6) is 0. The number of likely N-dealkylation sites (N-methyl/N-ethyl adjacent to an activating group) is 1. The first-order valence-electron chi connectivity index (χ1n) is 6.31. The van der Waals surface area contributed by atoms with Gasteiger partial charge in [-0.1, -0.05) is 0 Å². The molecule has 0 bridgehead atoms. The van der Waals surface area contributed by atoms with Gasteiger partial charge in [0.15, 0.2) is 0 Å². The topological polar surface area (TPSA) is 38.5 Å². The monoisotopic (exact) mass is 332 g/mol. The highest BCUT2D eigenvalue weighted by Gasteiger charge is 2.37. The van der Waals surface area contributed by atoms with Gasteiger partial charge in [-0.3, -0.25) is 4.90 Å². The molecule has 2 atom stereocenters. The number of ether oxygens (including phenoxy) is 1. The fraction of sp³-hybridized carbons (Fsp3) is 0.692. The fourth-order valence-electron chi connectivity index (χ4n) is 2.70. The summed E-state index contributed by atoms with van der Waals surface area (Å²) in [6, 6.07) is 2.19. The first kappa shape index (κ1) is 14.5. The molecule has 102 valence electrons. The van der Waals surface area contributed by atoms with Crippen molar-refractivity contribution >= 4 is 27.3 Å². The zero-order valence-corrected chi connectivity index (χ0v) is 13.4. The van der Waals surface area contributed by atoms with E-state index in [2.05, 4.69) is 46.2 Å². The highest BCUT2D eigenvalue weighted by atomic mass is 79.9. The summed E-state index contributed by atoms with van der Waals surface area (Å²) >= 11 is 5.25. The van der Waals surface area contributed by atoms with E-state index in [1.54, 1.807) is 11.3 Å². The molecule has 2 rings (SSSR count). The van der Waals surface area contributed by atoms with Crippen molar-refractivity contribution < 1.29 is 4.74 Å². The molecule has 2 N–H and O–H groups in total. The van der Waals surface area contributed by atoms with E-state index in [9.17, 15) is 0 Å². The van der Waals surface area contributed by atoms with Crippen LogP contribution < -0.4 is 5.73 Å². The van der Waals surface area contributed by atoms with Crippen molar-refractivity contribution in [1.29, 1.82) is 0 Å². The van der Waals surface area contributed by atoms with Crippen molar-refractivity contribution in [3.05, 3.63) is 20.8 Å². The molecule has 0 aromatic carbocycles. The van der Waals surface area contributed by atoms with Gasteiger partial charge in [-0.05, 0) is 59.8 Å². The largest absolute Gasteiger partial charge is 0.378 e. The quantitative estimate of drug-likeness (QED) is 0.921. The summed E-state index contributed by atoms with van der Waals surface area (Å²) in [7, 11) is 2.18. The second-order valence-electron chi connectivity index (χ2n) is 5.18. The van der Waals surface area contributed by atoms with E-state index in [1.165, 1.54) is 9.35 Å². The Hall–Kier alpha value is 0.0600. The van der Waals surface area contributed by atoms with Crippen LogP contribution in [0.15, 0.2) is 15.2 Å². The van der Waals surface area contributed by atoms with Crippen molar-refractivity contribution in [3.8, 4) is 0 Å². The van der Waals surface area contributed by atoms with E-state index >= 15 is 0 Å². The van der Waals surface area contributed by atoms with Gasteiger partial charge in [-0.15, -0.1) is 11.3 Å². The van der Waals surface area contributed by atoms with E-state index < -0.39 is 0 Å². The second kappa shape index (κ2) is 6.01. The maximum atomic E-state index is 6.06. The number of halogens is 1. The number of hydrogen-bond acceptors (Lipinski definition) is 4. The van der Waals surface area contributed by atoms with Crippen LogP contribution in [0.25, 0.3) is 0 Å². The number of thiophene rings is 1. The summed E-state index contributed by atoms with van der Waals surface area (Å²) < 4.78 is 6.84. The smallest absolute Gasteiger partial charge is 0.0701 e. The van der Waals surface area contributed by atoms with Crippen LogP contribution in [0.4, 0.5) is 0 Å². The van der Waals surface area contributed by atoms with E-state index in [0.717, 1.165) is 26.0 Å². The van der Waals surface area contributed by atoms with Crippen LogP contribution in [0.5, 0.6) is 0 Å². The van der Waals surface area contributed by atoms with Gasteiger partial charge in [0.2, 0.25) is 0 Å². The molecule has 3 nitrogen and oxygen atoms in total. The van der Waals surface area contributed by atoms with E-state index in [4.69, 9.17) is 10.5 Å². The molecule has 5 heteroatoms. The average Bonchev–Trinajstić information content (AvgIpc) is 2.74. The summed E-state index contributed by atoms with van der Waals surface area (Å²) in [6.07, 6.45) is 2.35. The van der Waals surface area contributed by atoms with Gasteiger partial charge in [0.25, 0.3) is 0 Å². The molecule has 0 radical (unpaired) electrons. The van der Waals surface area contributed by atoms with Crippen LogP contribution in [0.1, 0.15) is 25.3 Å². The Morgan fingerprint density at radius 3 is 3.00 bits per heavy atom. The van der Waals surface area contributed by atoms with Gasteiger partial charge in [0.05, 0.1) is 9.89 Å². The molecule has 0 saturated carbocycles. The molecule has 1 aliphatic heterocycles. The molecule has 2 heterocycles. The maximum Gasteiger partial charge on any atom is 0.0701 e. The van der Waals surface area contributed by atoms with Gasteiger partial charge in [-0.25, -0.2) is 0 Å². The minimum Gasteiger partial charge on any atom is -0.378 e. The molecule has 0 amide bonds. The predicted octanol–water partition coefficient (Wildman–Crippen LogP) is 2.84. The van der Waals surface area contributed by atoms with Crippen molar-refractivity contribution in [3.63, 3.8) is 0 Å². The molecule has 1 aromatic rings. The lowest BCUT2D eigenvalue weighted by Crippen LogP contribution is -2.56. The van der Waals surface area contributed by atoms with Crippen LogP contribution in [-0.2, 0) is 11.3 Å². The Bertz CT molecular complexity index is 398. The summed E-state index contributed by atoms with van der Waals surface area (Å²) in [5.41, 5.74) is 7.49. The molecule has 0 aliphatic carbocycles. The molecule has 1 aliphatic rings. The number of hydrogen-bond donors (Lipinski definition) is 1. The molecular formula is C13H21BrN2OS. The lowest BCUT2D eigenvalue weighted by atomic mass is 9.85. The van der Waals surface area contributed by atoms with Crippen molar-refractivity contribution in [2.45, 2.75) is 38.0 Å². The fourth-order valence-corrected chi connectivity index (χ4v) is 3.90. The third-order valence-electron chi connectivity index (χ3n) is 3.87. The van der Waals surface area contributed by atoms with Crippen LogP contribution in [-0.4, -0.2) is 36.7 Å². The van der Waals surface area contributed by atoms with Gasteiger partial charge in [0, 0.05) is 25.2 Å². The first-order valence-corrected chi connectivity index (χ1v) is 7.99. The zero-order chi connectivity index (χ0) is 13.2. The van der Waals surface area contributed by atoms with Crippen molar-refractivity contribution in [2.75, 3.05) is 20.2 Å². The Labute approximate surface area is 121 Å². The van der Waals surface area contributed by atoms with E-state index in [-0.39, 0.29) is 5.54 Å². The minimum absolute atomic E-state index is 0.0894. The molecule has 1 fully saturated rings. The predicted molar refractivity (Wildman–Crippen MR) is 79.9 cm³/mol. The first-order chi connectivity index (χ1) is 8.55. The Morgan fingerprint density at radius 2 is 2.44 bits per heavy atom. The number of nitrogens with two attached hydrogens (primary N) is 1. The highest BCUT2D eigenvalue weighted by Crippen LogP contribution is 2.31. The Morgan fingerprint density at radius 1 is 1.67 bits per heavy atom. The molecule has 1 aromatic heterocycles. The Kier molecular flexibility index (Phi) is 4.83. The van der Waals surface area contributed by atoms with Crippen LogP contribution >= 0.6 is 27.3 Å². The average molecular weight is 333 g/mol. The lowest BCUT2D eigenvalue weighted by Gasteiger charge is -2.45. The maximum absolute atomic E-state index is 6.06. The molecule has 1 saturated heterocycles. The third-order valence-corrected chi connectivity index (χ3v) is 5.42. The van der Waals surface area contributed by atoms with E-state index in [0.29, 0.717) is 12.6 Å². The Balaban J connectivity index is 2.07. The summed E-state index contributed by atoms with van der Waals surface area (Å²) in [4.78, 5) is 2.40. The van der Waals surface area contributed by atoms with Gasteiger partial charge < -0.3 is 10.5 Å². The van der Waals surface area contributed by atoms with Crippen molar-refractivity contribution in [1.82, 2.24) is 4.90 Å². The zero-order valence-electron chi connectivity index (χ0n) is 11.0. The highest BCUT2D eigenvalue weighted by molar-refractivity contribution is 9.11. The SMILES string of the molecule is CC1CC(CN)(N(C)Cc2csc(Br)c2)CCO1. The van der Waals surface area contributed by atoms with Gasteiger partial charge in [0.1, 0.15) is 0 Å². The lowest BCUT2D eigenvalue weighted by molar-refractivity contribution is -0.0583. The van der Waals surface area contributed by atoms with Crippen LogP contribution in [0, 0.1) is 0 Å². The van der Waals surface area contributed by atoms with E-state index in [1.807, 2.05) is 0 Å². The molecule has 18 heavy (non-hydrogen) atoms. The van der Waals surface area contributed by atoms with Crippen LogP contribution in [0.2, 0.25) is 0 Å². The third kappa shape index (κ3) is 3.14. The minimum atomic E-state index is 0.0894. The molecular weight excluding hydrogens is 312 g/mol. The standard InChI is InChI=1S/C13H21BrN2OS/c1-10-6-13(9-15,3-4-17-10)16(2)7-11-5-12(14)18-8-11/h5,8,10H,3-4,6-7,9,15H2,1-2H3. The molecule has 0 spiro atoms. The molecule has 2 unspecified atom stereocenters. The van der Waals surface area contributed by atoms with Gasteiger partial charge >= 0.3 is 0 Å². The summed E-state index contributed by atoms with van der Waals surface area (Å²) in [5, 5.41) is 2.20. The summed E-state index contributed by atoms with van der Waals surface area (Å²) in [6.45, 7) is 4.60. The van der Waals surface area contributed by atoms with Crippen molar-refractivity contribution in [2.24, 2.45) is 5.73 Å².